The fraction of sp³-hybridized carbons (Fsp3) is 0.632. The van der Waals surface area contributed by atoms with Crippen molar-refractivity contribution in [3.05, 3.63) is 35.4 Å². The minimum atomic E-state index is -4.32. The van der Waals surface area contributed by atoms with Gasteiger partial charge in [-0.1, -0.05) is 26.0 Å². The van der Waals surface area contributed by atoms with Crippen molar-refractivity contribution in [1.82, 2.24) is 9.80 Å². The van der Waals surface area contributed by atoms with Crippen LogP contribution < -0.4 is 0 Å². The van der Waals surface area contributed by atoms with Crippen LogP contribution in [0.2, 0.25) is 0 Å². The molecule has 3 unspecified atom stereocenters. The van der Waals surface area contributed by atoms with Crippen molar-refractivity contribution < 1.29 is 18.0 Å². The molecule has 0 aromatic heterocycles. The molecule has 3 nitrogen and oxygen atoms in total. The second-order valence-corrected chi connectivity index (χ2v) is 7.48. The summed E-state index contributed by atoms with van der Waals surface area (Å²) in [6, 6.07) is 4.82. The Morgan fingerprint density at radius 2 is 1.72 bits per heavy atom. The molecule has 0 saturated carbocycles. The van der Waals surface area contributed by atoms with Crippen LogP contribution >= 0.6 is 0 Å². The van der Waals surface area contributed by atoms with E-state index in [9.17, 15) is 18.0 Å². The molecule has 0 N–H and O–H groups in total. The molecule has 6 heteroatoms. The maximum Gasteiger partial charge on any atom is 0.416 e. The Morgan fingerprint density at radius 1 is 1.20 bits per heavy atom. The zero-order chi connectivity index (χ0) is 18.8. The second-order valence-electron chi connectivity index (χ2n) is 7.48. The smallest absolute Gasteiger partial charge is 0.341 e. The van der Waals surface area contributed by atoms with Crippen LogP contribution in [0.4, 0.5) is 13.2 Å². The second kappa shape index (κ2) is 7.77. The zero-order valence-electron chi connectivity index (χ0n) is 15.3. The van der Waals surface area contributed by atoms with Crippen LogP contribution in [0.1, 0.15) is 38.3 Å². The molecular weight excluding hydrogens is 329 g/mol. The molecule has 1 aliphatic heterocycles. The number of likely N-dealkylation sites (tertiary alicyclic amines) is 1. The minimum Gasteiger partial charge on any atom is -0.341 e. The van der Waals surface area contributed by atoms with Crippen molar-refractivity contribution in [3.63, 3.8) is 0 Å². The molecule has 1 aromatic rings. The van der Waals surface area contributed by atoms with E-state index in [2.05, 4.69) is 13.8 Å². The highest BCUT2D eigenvalue weighted by atomic mass is 19.4. The molecule has 140 valence electrons. The van der Waals surface area contributed by atoms with Crippen LogP contribution in [0, 0.1) is 11.8 Å². The molecular formula is C19H27F3N2O. The van der Waals surface area contributed by atoms with Gasteiger partial charge in [-0.25, -0.2) is 0 Å². The van der Waals surface area contributed by atoms with Gasteiger partial charge in [0.25, 0.3) is 0 Å². The highest BCUT2D eigenvalue weighted by Crippen LogP contribution is 2.29. The molecule has 0 radical (unpaired) electrons. The Hall–Kier alpha value is -1.56. The predicted molar refractivity (Wildman–Crippen MR) is 91.9 cm³/mol. The quantitative estimate of drug-likeness (QED) is 0.813. The lowest BCUT2D eigenvalue weighted by atomic mass is 9.91. The van der Waals surface area contributed by atoms with Gasteiger partial charge >= 0.3 is 6.18 Å². The first-order valence-corrected chi connectivity index (χ1v) is 8.73. The van der Waals surface area contributed by atoms with Crippen molar-refractivity contribution >= 4 is 5.91 Å². The predicted octanol–water partition coefficient (Wildman–Crippen LogP) is 4.03. The Kier molecular flexibility index (Phi) is 6.14. The number of nitrogens with zero attached hydrogens (tertiary/aromatic N) is 2. The summed E-state index contributed by atoms with van der Waals surface area (Å²) in [6.07, 6.45) is -3.19. The summed E-state index contributed by atoms with van der Waals surface area (Å²) >= 11 is 0. The summed E-state index contributed by atoms with van der Waals surface area (Å²) in [6.45, 7) is 8.17. The van der Waals surface area contributed by atoms with Gasteiger partial charge in [0, 0.05) is 19.6 Å². The third-order valence-electron chi connectivity index (χ3n) is 4.91. The number of rotatable bonds is 4. The van der Waals surface area contributed by atoms with Gasteiger partial charge < -0.3 is 4.90 Å². The van der Waals surface area contributed by atoms with Gasteiger partial charge in [0.2, 0.25) is 5.91 Å². The molecule has 25 heavy (non-hydrogen) atoms. The monoisotopic (exact) mass is 356 g/mol. The lowest BCUT2D eigenvalue weighted by Crippen LogP contribution is -2.50. The Labute approximate surface area is 147 Å². The van der Waals surface area contributed by atoms with Crippen molar-refractivity contribution in [3.8, 4) is 0 Å². The van der Waals surface area contributed by atoms with E-state index in [1.165, 1.54) is 12.1 Å². The average Bonchev–Trinajstić information content (AvgIpc) is 2.52. The van der Waals surface area contributed by atoms with Gasteiger partial charge in [0.05, 0.1) is 11.6 Å². The summed E-state index contributed by atoms with van der Waals surface area (Å²) in [4.78, 5) is 16.5. The topological polar surface area (TPSA) is 23.6 Å². The standard InChI is InChI=1S/C19H27F3N2O/c1-13-9-14(2)11-24(10-13)18(25)15(3)23(4)12-16-5-7-17(8-6-16)19(20,21)22/h5-8,13-15H,9-12H2,1-4H3. The summed E-state index contributed by atoms with van der Waals surface area (Å²) in [5.74, 6) is 1.09. The molecule has 1 fully saturated rings. The van der Waals surface area contributed by atoms with E-state index in [-0.39, 0.29) is 11.9 Å². The number of carbonyl (C=O) groups is 1. The molecule has 1 aromatic carbocycles. The third-order valence-corrected chi connectivity index (χ3v) is 4.91. The lowest BCUT2D eigenvalue weighted by molar-refractivity contribution is -0.139. The maximum absolute atomic E-state index is 12.7. The van der Waals surface area contributed by atoms with E-state index < -0.39 is 11.7 Å². The fourth-order valence-electron chi connectivity index (χ4n) is 3.52. The first kappa shape index (κ1) is 19.8. The van der Waals surface area contributed by atoms with Crippen molar-refractivity contribution in [2.24, 2.45) is 11.8 Å². The van der Waals surface area contributed by atoms with Crippen molar-refractivity contribution in [2.45, 2.75) is 46.0 Å². The number of halogens is 3. The van der Waals surface area contributed by atoms with Gasteiger partial charge in [0.1, 0.15) is 0 Å². The number of alkyl halides is 3. The first-order valence-electron chi connectivity index (χ1n) is 8.73. The molecule has 1 amide bonds. The fourth-order valence-corrected chi connectivity index (χ4v) is 3.52. The van der Waals surface area contributed by atoms with Crippen LogP contribution in [0.15, 0.2) is 24.3 Å². The molecule has 0 aliphatic carbocycles. The largest absolute Gasteiger partial charge is 0.416 e. The van der Waals surface area contributed by atoms with Gasteiger partial charge in [-0.15, -0.1) is 0 Å². The summed E-state index contributed by atoms with van der Waals surface area (Å²) in [5.41, 5.74) is 0.106. The van der Waals surface area contributed by atoms with E-state index in [0.29, 0.717) is 18.4 Å². The summed E-state index contributed by atoms with van der Waals surface area (Å²) in [5, 5.41) is 0. The molecule has 0 spiro atoms. The van der Waals surface area contributed by atoms with Crippen LogP contribution in [0.5, 0.6) is 0 Å². The normalized spacial score (nSPS) is 23.0. The molecule has 2 rings (SSSR count). The molecule has 1 aliphatic rings. The van der Waals surface area contributed by atoms with E-state index in [4.69, 9.17) is 0 Å². The number of carbonyl (C=O) groups excluding carboxylic acids is 1. The molecule has 1 saturated heterocycles. The van der Waals surface area contributed by atoms with Gasteiger partial charge in [-0.2, -0.15) is 13.2 Å². The van der Waals surface area contributed by atoms with Crippen LogP contribution in [-0.4, -0.2) is 41.9 Å². The van der Waals surface area contributed by atoms with Crippen LogP contribution in [0.3, 0.4) is 0 Å². The van der Waals surface area contributed by atoms with Gasteiger partial charge in [-0.05, 0) is 49.9 Å². The van der Waals surface area contributed by atoms with E-state index in [1.807, 2.05) is 23.8 Å². The Morgan fingerprint density at radius 3 is 2.20 bits per heavy atom. The lowest BCUT2D eigenvalue weighted by Gasteiger charge is -2.38. The number of amides is 1. The van der Waals surface area contributed by atoms with E-state index >= 15 is 0 Å². The first-order chi connectivity index (χ1) is 11.6. The maximum atomic E-state index is 12.7. The van der Waals surface area contributed by atoms with Gasteiger partial charge in [-0.3, -0.25) is 9.69 Å². The zero-order valence-corrected chi connectivity index (χ0v) is 15.3. The van der Waals surface area contributed by atoms with Crippen LogP contribution in [0.25, 0.3) is 0 Å². The SMILES string of the molecule is CC1CC(C)CN(C(=O)C(C)N(C)Cc2ccc(C(F)(F)F)cc2)C1. The highest BCUT2D eigenvalue weighted by Gasteiger charge is 2.31. The number of piperidine rings is 1. The Bertz CT molecular complexity index is 575. The average molecular weight is 356 g/mol. The molecule has 3 atom stereocenters. The minimum absolute atomic E-state index is 0.0906. The summed E-state index contributed by atoms with van der Waals surface area (Å²) in [7, 11) is 1.83. The Balaban J connectivity index is 1.97. The van der Waals surface area contributed by atoms with Crippen LogP contribution in [-0.2, 0) is 17.5 Å². The molecule has 1 heterocycles. The number of hydrogen-bond acceptors (Lipinski definition) is 2. The highest BCUT2D eigenvalue weighted by molar-refractivity contribution is 5.81. The molecule has 0 bridgehead atoms. The number of benzene rings is 1. The number of hydrogen-bond donors (Lipinski definition) is 0. The van der Waals surface area contributed by atoms with Crippen molar-refractivity contribution in [2.75, 3.05) is 20.1 Å². The van der Waals surface area contributed by atoms with E-state index in [1.54, 1.807) is 0 Å². The van der Waals surface area contributed by atoms with E-state index in [0.717, 1.165) is 37.2 Å². The van der Waals surface area contributed by atoms with Gasteiger partial charge in [0.15, 0.2) is 0 Å². The van der Waals surface area contributed by atoms with Crippen molar-refractivity contribution in [1.29, 1.82) is 0 Å². The third kappa shape index (κ3) is 5.21. The summed E-state index contributed by atoms with van der Waals surface area (Å²) < 4.78 is 37.9. The number of likely N-dealkylation sites (N-methyl/N-ethyl adjacent to an activating group) is 1.